The average molecular weight is 499 g/mol. The summed E-state index contributed by atoms with van der Waals surface area (Å²) in [4.78, 5) is 27.4. The van der Waals surface area contributed by atoms with E-state index in [-0.39, 0.29) is 11.5 Å². The Hall–Kier alpha value is -3.67. The van der Waals surface area contributed by atoms with Crippen LogP contribution in [0.4, 0.5) is 0 Å². The van der Waals surface area contributed by atoms with Crippen LogP contribution in [0.25, 0.3) is 10.1 Å². The number of amides is 1. The molecule has 0 atom stereocenters. The zero-order valence-electron chi connectivity index (χ0n) is 18.9. The monoisotopic (exact) mass is 498 g/mol. The van der Waals surface area contributed by atoms with Crippen LogP contribution < -0.4 is 10.9 Å². The first-order chi connectivity index (χ1) is 17.0. The second-order valence-electron chi connectivity index (χ2n) is 8.50. The first-order valence-corrected chi connectivity index (χ1v) is 12.5. The fourth-order valence-corrected chi connectivity index (χ4v) is 5.24. The lowest BCUT2D eigenvalue weighted by Crippen LogP contribution is -2.22. The topological polar surface area (TPSA) is 62.0 Å². The number of fused-ring (bicyclic) bond motifs is 1. The number of carbonyl (C=O) groups is 1. The van der Waals surface area contributed by atoms with Crippen LogP contribution in [-0.4, -0.2) is 10.9 Å². The van der Waals surface area contributed by atoms with Gasteiger partial charge in [-0.05, 0) is 70.5 Å². The third-order valence-electron chi connectivity index (χ3n) is 5.92. The molecule has 0 spiro atoms. The second-order valence-corrected chi connectivity index (χ2v) is 10.2. The molecule has 0 aliphatic heterocycles. The fraction of sp³-hybridized carbons (Fsp3) is 0.103. The van der Waals surface area contributed by atoms with Gasteiger partial charge in [-0.15, -0.1) is 11.3 Å². The summed E-state index contributed by atoms with van der Waals surface area (Å²) >= 11 is 7.65. The van der Waals surface area contributed by atoms with E-state index in [1.807, 2.05) is 54.6 Å². The van der Waals surface area contributed by atoms with E-state index in [0.29, 0.717) is 18.5 Å². The molecule has 0 aliphatic carbocycles. The molecule has 0 bridgehead atoms. The largest absolute Gasteiger partial charge is 0.348 e. The van der Waals surface area contributed by atoms with E-state index in [0.717, 1.165) is 48.7 Å². The molecule has 0 aliphatic rings. The van der Waals surface area contributed by atoms with Gasteiger partial charge in [0, 0.05) is 35.0 Å². The summed E-state index contributed by atoms with van der Waals surface area (Å²) in [6.45, 7) is 0.457. The van der Waals surface area contributed by atoms with E-state index < -0.39 is 0 Å². The first-order valence-electron chi connectivity index (χ1n) is 11.3. The molecule has 0 saturated heterocycles. The first kappa shape index (κ1) is 23.1. The molecule has 0 unspecified atom stereocenters. The van der Waals surface area contributed by atoms with E-state index in [1.165, 1.54) is 0 Å². The predicted octanol–water partition coefficient (Wildman–Crippen LogP) is 6.35. The zero-order valence-corrected chi connectivity index (χ0v) is 20.5. The number of aromatic amines is 1. The number of hydrogen-bond acceptors (Lipinski definition) is 3. The Morgan fingerprint density at radius 1 is 0.829 bits per heavy atom. The van der Waals surface area contributed by atoms with Crippen molar-refractivity contribution in [3.05, 3.63) is 139 Å². The molecule has 2 aromatic heterocycles. The molecule has 5 aromatic rings. The molecule has 0 saturated carbocycles. The van der Waals surface area contributed by atoms with Crippen LogP contribution in [0.2, 0.25) is 4.34 Å². The smallest absolute Gasteiger partial charge is 0.251 e. The minimum Gasteiger partial charge on any atom is -0.348 e. The third kappa shape index (κ3) is 5.70. The highest BCUT2D eigenvalue weighted by molar-refractivity contribution is 7.22. The Bertz CT molecular complexity index is 1550. The van der Waals surface area contributed by atoms with Gasteiger partial charge in [0.25, 0.3) is 11.5 Å². The van der Waals surface area contributed by atoms with Crippen molar-refractivity contribution in [2.75, 3.05) is 0 Å². The standard InChI is InChI=1S/C29H23ClN2O2S/c30-27-17-25-16-22(10-11-26(25)35-27)18-32-29(34)23-4-1-3-21(15-23)13-19-6-8-20(9-7-19)14-24-5-2-12-31-28(24)33/h1-12,15-17H,13-14,18H2,(H,31,33)(H,32,34). The summed E-state index contributed by atoms with van der Waals surface area (Å²) in [5.41, 5.74) is 5.67. The summed E-state index contributed by atoms with van der Waals surface area (Å²) in [6.07, 6.45) is 2.96. The Kier molecular flexibility index (Phi) is 6.80. The van der Waals surface area contributed by atoms with Crippen LogP contribution in [0.15, 0.2) is 95.9 Å². The number of H-pyrrole nitrogens is 1. The molecule has 35 heavy (non-hydrogen) atoms. The summed E-state index contributed by atoms with van der Waals surface area (Å²) in [5, 5.41) is 4.11. The van der Waals surface area contributed by atoms with Crippen LogP contribution >= 0.6 is 22.9 Å². The molecular weight excluding hydrogens is 476 g/mol. The number of carbonyl (C=O) groups excluding carboxylic acids is 1. The Morgan fingerprint density at radius 3 is 2.40 bits per heavy atom. The Balaban J connectivity index is 1.21. The zero-order chi connectivity index (χ0) is 24.2. The lowest BCUT2D eigenvalue weighted by atomic mass is 9.99. The number of halogens is 1. The Labute approximate surface area is 212 Å². The molecule has 1 amide bonds. The molecule has 0 fully saturated rings. The van der Waals surface area contributed by atoms with E-state index in [1.54, 1.807) is 17.5 Å². The molecule has 3 aromatic carbocycles. The number of pyridine rings is 1. The summed E-state index contributed by atoms with van der Waals surface area (Å²) < 4.78 is 1.90. The fourth-order valence-electron chi connectivity index (χ4n) is 4.10. The van der Waals surface area contributed by atoms with Crippen molar-refractivity contribution in [1.29, 1.82) is 0 Å². The molecule has 5 rings (SSSR count). The highest BCUT2D eigenvalue weighted by Crippen LogP contribution is 2.29. The van der Waals surface area contributed by atoms with E-state index >= 15 is 0 Å². The van der Waals surface area contributed by atoms with Gasteiger partial charge in [0.1, 0.15) is 0 Å². The molecule has 2 N–H and O–H groups in total. The van der Waals surface area contributed by atoms with Gasteiger partial charge in [-0.3, -0.25) is 9.59 Å². The van der Waals surface area contributed by atoms with Crippen LogP contribution in [0, 0.1) is 0 Å². The van der Waals surface area contributed by atoms with Gasteiger partial charge in [-0.2, -0.15) is 0 Å². The number of nitrogens with one attached hydrogen (secondary N) is 2. The number of hydrogen-bond donors (Lipinski definition) is 2. The van der Waals surface area contributed by atoms with Crippen molar-refractivity contribution < 1.29 is 4.79 Å². The van der Waals surface area contributed by atoms with Gasteiger partial charge in [-0.25, -0.2) is 0 Å². The summed E-state index contributed by atoms with van der Waals surface area (Å²) in [5.74, 6) is -0.0984. The van der Waals surface area contributed by atoms with E-state index in [2.05, 4.69) is 40.6 Å². The van der Waals surface area contributed by atoms with Gasteiger partial charge in [-0.1, -0.05) is 60.1 Å². The van der Waals surface area contributed by atoms with Crippen molar-refractivity contribution in [2.24, 2.45) is 0 Å². The SMILES string of the molecule is O=C(NCc1ccc2sc(Cl)cc2c1)c1cccc(Cc2ccc(Cc3ccc[nH]c3=O)cc2)c1. The maximum Gasteiger partial charge on any atom is 0.251 e. The molecule has 174 valence electrons. The number of aromatic nitrogens is 1. The maximum absolute atomic E-state index is 12.8. The van der Waals surface area contributed by atoms with Crippen molar-refractivity contribution in [2.45, 2.75) is 19.4 Å². The van der Waals surface area contributed by atoms with Crippen molar-refractivity contribution in [1.82, 2.24) is 10.3 Å². The van der Waals surface area contributed by atoms with E-state index in [9.17, 15) is 9.59 Å². The number of benzene rings is 3. The molecule has 0 radical (unpaired) electrons. The van der Waals surface area contributed by atoms with Gasteiger partial charge in [0.2, 0.25) is 0 Å². The van der Waals surface area contributed by atoms with Crippen molar-refractivity contribution in [3.8, 4) is 0 Å². The average Bonchev–Trinajstić information content (AvgIpc) is 3.24. The molecule has 6 heteroatoms. The minimum atomic E-state index is -0.0984. The molecular formula is C29H23ClN2O2S. The van der Waals surface area contributed by atoms with Crippen LogP contribution in [0.3, 0.4) is 0 Å². The van der Waals surface area contributed by atoms with Gasteiger partial charge >= 0.3 is 0 Å². The highest BCUT2D eigenvalue weighted by atomic mass is 35.5. The number of rotatable bonds is 7. The van der Waals surface area contributed by atoms with Crippen molar-refractivity contribution >= 4 is 38.9 Å². The molecule has 2 heterocycles. The highest BCUT2D eigenvalue weighted by Gasteiger charge is 2.08. The minimum absolute atomic E-state index is 0.0527. The second kappa shape index (κ2) is 10.3. The third-order valence-corrected chi connectivity index (χ3v) is 7.16. The van der Waals surface area contributed by atoms with Crippen molar-refractivity contribution in [3.63, 3.8) is 0 Å². The van der Waals surface area contributed by atoms with Crippen LogP contribution in [0.1, 0.15) is 38.2 Å². The Morgan fingerprint density at radius 2 is 1.60 bits per heavy atom. The van der Waals surface area contributed by atoms with Crippen LogP contribution in [0.5, 0.6) is 0 Å². The maximum atomic E-state index is 12.8. The van der Waals surface area contributed by atoms with Gasteiger partial charge in [0.05, 0.1) is 4.34 Å². The lowest BCUT2D eigenvalue weighted by molar-refractivity contribution is 0.0951. The van der Waals surface area contributed by atoms with Gasteiger partial charge in [0.15, 0.2) is 0 Å². The lowest BCUT2D eigenvalue weighted by Gasteiger charge is -2.08. The van der Waals surface area contributed by atoms with Gasteiger partial charge < -0.3 is 10.3 Å². The van der Waals surface area contributed by atoms with Crippen LogP contribution in [-0.2, 0) is 19.4 Å². The summed E-state index contributed by atoms with van der Waals surface area (Å²) in [7, 11) is 0. The molecule has 4 nitrogen and oxygen atoms in total. The number of thiophene rings is 1. The summed E-state index contributed by atoms with van der Waals surface area (Å²) in [6, 6.07) is 27.7. The quantitative estimate of drug-likeness (QED) is 0.274. The van der Waals surface area contributed by atoms with E-state index in [4.69, 9.17) is 11.6 Å². The predicted molar refractivity (Wildman–Crippen MR) is 144 cm³/mol. The normalized spacial score (nSPS) is 11.0.